The van der Waals surface area contributed by atoms with Gasteiger partial charge in [0.25, 0.3) is 0 Å². The number of ether oxygens (including phenoxy) is 11. The quantitative estimate of drug-likeness (QED) is 0.0764. The van der Waals surface area contributed by atoms with E-state index in [9.17, 15) is 14.4 Å². The van der Waals surface area contributed by atoms with Crippen molar-refractivity contribution in [2.75, 3.05) is 151 Å². The van der Waals surface area contributed by atoms with Crippen LogP contribution in [-0.4, -0.2) is 200 Å². The van der Waals surface area contributed by atoms with Gasteiger partial charge in [0.05, 0.1) is 163 Å². The number of amides is 2. The topological polar surface area (TPSA) is 228 Å². The summed E-state index contributed by atoms with van der Waals surface area (Å²) in [6, 6.07) is -0.933. The van der Waals surface area contributed by atoms with Crippen LogP contribution in [0.5, 0.6) is 0 Å². The smallest absolute Gasteiger partial charge is 0.327 e. The Labute approximate surface area is 352 Å². The first-order valence-electron chi connectivity index (χ1n) is 20.5. The summed E-state index contributed by atoms with van der Waals surface area (Å²) in [4.78, 5) is 35.3. The second kappa shape index (κ2) is 37.2. The van der Waals surface area contributed by atoms with Crippen molar-refractivity contribution >= 4 is 29.5 Å². The molecule has 2 unspecified atom stereocenters. The van der Waals surface area contributed by atoms with Crippen molar-refractivity contribution < 1.29 is 71.6 Å². The maximum atomic E-state index is 12.3. The minimum atomic E-state index is -1.09. The van der Waals surface area contributed by atoms with E-state index < -0.39 is 23.2 Å². The molecule has 0 aliphatic carbocycles. The third-order valence-electron chi connectivity index (χ3n) is 8.05. The van der Waals surface area contributed by atoms with Crippen LogP contribution < -0.4 is 10.6 Å². The van der Waals surface area contributed by atoms with E-state index in [1.165, 1.54) is 6.42 Å². The Hall–Kier alpha value is -2.54. The lowest BCUT2D eigenvalue weighted by Gasteiger charge is -2.25. The zero-order chi connectivity index (χ0) is 42.4. The van der Waals surface area contributed by atoms with Gasteiger partial charge in [0.1, 0.15) is 11.7 Å². The molecule has 20 nitrogen and oxygen atoms in total. The number of rotatable bonds is 42. The highest BCUT2D eigenvalue weighted by Gasteiger charge is 2.33. The normalized spacial score (nSPS) is 15.5. The maximum Gasteiger partial charge on any atom is 0.327 e. The fourth-order valence-electron chi connectivity index (χ4n) is 4.89. The maximum absolute atomic E-state index is 12.3. The lowest BCUT2D eigenvalue weighted by molar-refractivity contribution is -0.141. The number of aliphatic carboxylic acids is 1. The van der Waals surface area contributed by atoms with E-state index in [0.717, 1.165) is 30.7 Å². The lowest BCUT2D eigenvalue weighted by Crippen LogP contribution is -2.51. The molecule has 3 N–H and O–H groups in total. The van der Waals surface area contributed by atoms with E-state index in [1.54, 1.807) is 10.9 Å². The number of hydrogen-bond donors (Lipinski definition) is 3. The minimum absolute atomic E-state index is 0.0511. The molecule has 59 heavy (non-hydrogen) atoms. The van der Waals surface area contributed by atoms with Crippen molar-refractivity contribution in [1.29, 1.82) is 0 Å². The van der Waals surface area contributed by atoms with Crippen LogP contribution in [0.4, 0.5) is 0 Å². The molecule has 342 valence electrons. The van der Waals surface area contributed by atoms with Gasteiger partial charge in [-0.25, -0.2) is 9.48 Å². The van der Waals surface area contributed by atoms with Crippen molar-refractivity contribution in [1.82, 2.24) is 25.6 Å². The molecule has 0 bridgehead atoms. The Kier molecular flexibility index (Phi) is 33.2. The second-order valence-corrected chi connectivity index (χ2v) is 14.7. The standard InChI is InChI=1S/C38H69N5O15S/c1-32(2)4-3-6-48-8-10-50-12-14-52-16-18-54-20-22-56-24-26-58-27-25-57-23-21-55-19-17-53-15-13-51-11-9-49-7-5-43-30-33(41-42-43)29-39-36(44)28-35-37(45)40-34(31-59-35)38(46)47/h30,32,34-35H,3-29,31H2,1-2H3,(H,39,44)(H,40,45)(H,46,47). The van der Waals surface area contributed by atoms with Gasteiger partial charge in [0.15, 0.2) is 0 Å². The number of carbonyl (C=O) groups is 3. The van der Waals surface area contributed by atoms with Gasteiger partial charge in [-0.15, -0.1) is 16.9 Å². The molecule has 2 rings (SSSR count). The Bertz CT molecular complexity index is 1190. The van der Waals surface area contributed by atoms with Crippen LogP contribution in [-0.2, 0) is 79.6 Å². The van der Waals surface area contributed by atoms with Gasteiger partial charge in [-0.2, -0.15) is 0 Å². The number of thioether (sulfide) groups is 1. The van der Waals surface area contributed by atoms with Crippen molar-refractivity contribution in [2.24, 2.45) is 5.92 Å². The molecule has 1 aromatic heterocycles. The molecule has 1 aliphatic heterocycles. The van der Waals surface area contributed by atoms with Crippen molar-refractivity contribution in [3.63, 3.8) is 0 Å². The minimum Gasteiger partial charge on any atom is -0.480 e. The van der Waals surface area contributed by atoms with Crippen molar-refractivity contribution in [3.8, 4) is 0 Å². The third kappa shape index (κ3) is 31.0. The summed E-state index contributed by atoms with van der Waals surface area (Å²) in [5.41, 5.74) is 0.561. The number of aromatic nitrogens is 3. The van der Waals surface area contributed by atoms with Gasteiger partial charge in [-0.1, -0.05) is 19.1 Å². The van der Waals surface area contributed by atoms with Gasteiger partial charge < -0.3 is 67.8 Å². The predicted octanol–water partition coefficient (Wildman–Crippen LogP) is 0.588. The van der Waals surface area contributed by atoms with Crippen LogP contribution in [0.2, 0.25) is 0 Å². The molecule has 1 aromatic rings. The molecule has 1 fully saturated rings. The largest absolute Gasteiger partial charge is 0.480 e. The number of carbonyl (C=O) groups excluding carboxylic acids is 2. The van der Waals surface area contributed by atoms with E-state index in [1.807, 2.05) is 0 Å². The van der Waals surface area contributed by atoms with Crippen LogP contribution in [0, 0.1) is 5.92 Å². The number of carboxylic acids is 1. The highest BCUT2D eigenvalue weighted by Crippen LogP contribution is 2.21. The van der Waals surface area contributed by atoms with Gasteiger partial charge in [0, 0.05) is 18.8 Å². The fraction of sp³-hybridized carbons (Fsp3) is 0.868. The van der Waals surface area contributed by atoms with Crippen LogP contribution in [0.1, 0.15) is 38.8 Å². The van der Waals surface area contributed by atoms with E-state index in [2.05, 4.69) is 34.8 Å². The molecule has 0 aromatic carbocycles. The molecule has 2 heterocycles. The van der Waals surface area contributed by atoms with Crippen LogP contribution in [0.15, 0.2) is 6.20 Å². The number of carboxylic acid groups (broad SMARTS) is 1. The molecular formula is C38H69N5O15S. The first kappa shape index (κ1) is 52.6. The molecule has 1 aliphatic rings. The molecule has 21 heteroatoms. The monoisotopic (exact) mass is 867 g/mol. The fourth-order valence-corrected chi connectivity index (χ4v) is 6.03. The van der Waals surface area contributed by atoms with E-state index in [0.29, 0.717) is 151 Å². The third-order valence-corrected chi connectivity index (χ3v) is 9.36. The number of hydrogen-bond acceptors (Lipinski definition) is 17. The molecule has 2 amide bonds. The molecule has 0 spiro atoms. The van der Waals surface area contributed by atoms with Gasteiger partial charge in [-0.3, -0.25) is 9.59 Å². The Morgan fingerprint density at radius 1 is 0.712 bits per heavy atom. The number of nitrogens with zero attached hydrogens (tertiary/aromatic N) is 3. The predicted molar refractivity (Wildman–Crippen MR) is 215 cm³/mol. The van der Waals surface area contributed by atoms with Crippen LogP contribution in [0.25, 0.3) is 0 Å². The Morgan fingerprint density at radius 2 is 1.12 bits per heavy atom. The molecule has 1 saturated heterocycles. The molecule has 0 saturated carbocycles. The summed E-state index contributed by atoms with van der Waals surface area (Å²) in [6.07, 6.45) is 3.94. The van der Waals surface area contributed by atoms with E-state index in [-0.39, 0.29) is 24.6 Å². The lowest BCUT2D eigenvalue weighted by atomic mass is 10.1. The molecular weight excluding hydrogens is 799 g/mol. The second-order valence-electron chi connectivity index (χ2n) is 13.4. The SMILES string of the molecule is CC(C)CCCOCCOCCOCCOCCOCCOCCOCCOCCOCCOCCOCCn1cc(CNC(=O)CC2SCC(C(=O)O)NC2=O)nn1. The van der Waals surface area contributed by atoms with Crippen LogP contribution >= 0.6 is 11.8 Å². The zero-order valence-corrected chi connectivity index (χ0v) is 35.8. The first-order valence-corrected chi connectivity index (χ1v) is 21.6. The van der Waals surface area contributed by atoms with Crippen molar-refractivity contribution in [3.05, 3.63) is 11.9 Å². The molecule has 0 radical (unpaired) electrons. The summed E-state index contributed by atoms with van der Waals surface area (Å²) in [5.74, 6) is -0.944. The summed E-state index contributed by atoms with van der Waals surface area (Å²) in [5, 5.41) is 21.6. The van der Waals surface area contributed by atoms with Gasteiger partial charge in [0.2, 0.25) is 11.8 Å². The summed E-state index contributed by atoms with van der Waals surface area (Å²) in [7, 11) is 0. The summed E-state index contributed by atoms with van der Waals surface area (Å²) in [6.45, 7) is 16.2. The average Bonchev–Trinajstić information content (AvgIpc) is 3.68. The average molecular weight is 868 g/mol. The Balaban J connectivity index is 1.21. The summed E-state index contributed by atoms with van der Waals surface area (Å²) >= 11 is 1.16. The van der Waals surface area contributed by atoms with Gasteiger partial charge in [-0.05, 0) is 18.8 Å². The summed E-state index contributed by atoms with van der Waals surface area (Å²) < 4.78 is 62.2. The highest BCUT2D eigenvalue weighted by molar-refractivity contribution is 8.00. The Morgan fingerprint density at radius 3 is 1.51 bits per heavy atom. The first-order chi connectivity index (χ1) is 28.8. The van der Waals surface area contributed by atoms with Crippen molar-refractivity contribution in [2.45, 2.75) is 57.5 Å². The van der Waals surface area contributed by atoms with Crippen LogP contribution in [0.3, 0.4) is 0 Å². The van der Waals surface area contributed by atoms with E-state index >= 15 is 0 Å². The van der Waals surface area contributed by atoms with Gasteiger partial charge >= 0.3 is 5.97 Å². The zero-order valence-electron chi connectivity index (χ0n) is 35.0. The molecule has 2 atom stereocenters. The highest BCUT2D eigenvalue weighted by atomic mass is 32.2. The number of nitrogens with one attached hydrogen (secondary N) is 2. The van der Waals surface area contributed by atoms with E-state index in [4.69, 9.17) is 57.2 Å².